The van der Waals surface area contributed by atoms with Gasteiger partial charge in [0.05, 0.1) is 0 Å². The van der Waals surface area contributed by atoms with Gasteiger partial charge in [0.1, 0.15) is 0 Å². The molecular formula is C20H21NO. The Morgan fingerprint density at radius 3 is 2.36 bits per heavy atom. The lowest BCUT2D eigenvalue weighted by molar-refractivity contribution is -0.112. The van der Waals surface area contributed by atoms with E-state index in [0.29, 0.717) is 5.57 Å². The fraction of sp³-hybridized carbons (Fsp3) is 0.150. The molecule has 2 nitrogen and oxygen atoms in total. The average molecular weight is 291 g/mol. The summed E-state index contributed by atoms with van der Waals surface area (Å²) in [5, 5.41) is 2.94. The molecule has 0 fully saturated rings. The lowest BCUT2D eigenvalue weighted by Crippen LogP contribution is -2.13. The van der Waals surface area contributed by atoms with Crippen LogP contribution in [0.5, 0.6) is 0 Å². The Morgan fingerprint density at radius 2 is 1.73 bits per heavy atom. The molecule has 2 heteroatoms. The summed E-state index contributed by atoms with van der Waals surface area (Å²) >= 11 is 0. The van der Waals surface area contributed by atoms with E-state index in [2.05, 4.69) is 30.1 Å². The quantitative estimate of drug-likeness (QED) is 0.614. The first-order valence-electron chi connectivity index (χ1n) is 7.28. The minimum atomic E-state index is -0.172. The number of benzene rings is 2. The Labute approximate surface area is 132 Å². The highest BCUT2D eigenvalue weighted by Gasteiger charge is 2.08. The molecule has 0 saturated carbocycles. The van der Waals surface area contributed by atoms with Crippen LogP contribution in [0.1, 0.15) is 19.4 Å². The second-order valence-electron chi connectivity index (χ2n) is 5.60. The third-order valence-electron chi connectivity index (χ3n) is 3.35. The van der Waals surface area contributed by atoms with Crippen molar-refractivity contribution >= 4 is 11.6 Å². The predicted molar refractivity (Wildman–Crippen MR) is 93.8 cm³/mol. The number of amides is 1. The van der Waals surface area contributed by atoms with Gasteiger partial charge in [-0.05, 0) is 43.5 Å². The second kappa shape index (κ2) is 6.90. The molecule has 0 atom stereocenters. The van der Waals surface area contributed by atoms with Gasteiger partial charge in [0.25, 0.3) is 5.91 Å². The number of hydrogen-bond acceptors (Lipinski definition) is 1. The SMILES string of the molecule is C=C(C=C(C)C)C(=O)Nc1cc(-c2ccccc2)ccc1C. The maximum absolute atomic E-state index is 12.2. The summed E-state index contributed by atoms with van der Waals surface area (Å²) in [7, 11) is 0. The van der Waals surface area contributed by atoms with Crippen molar-refractivity contribution in [1.82, 2.24) is 0 Å². The molecule has 1 amide bonds. The largest absolute Gasteiger partial charge is 0.322 e. The zero-order chi connectivity index (χ0) is 16.1. The first kappa shape index (κ1) is 15.8. The third-order valence-corrected chi connectivity index (χ3v) is 3.35. The van der Waals surface area contributed by atoms with Gasteiger partial charge >= 0.3 is 0 Å². The van der Waals surface area contributed by atoms with E-state index in [4.69, 9.17) is 0 Å². The van der Waals surface area contributed by atoms with Gasteiger partial charge in [-0.25, -0.2) is 0 Å². The number of carbonyl (C=O) groups is 1. The molecule has 0 radical (unpaired) electrons. The number of aryl methyl sites for hydroxylation is 1. The van der Waals surface area contributed by atoms with Gasteiger partial charge in [-0.2, -0.15) is 0 Å². The van der Waals surface area contributed by atoms with E-state index in [9.17, 15) is 4.79 Å². The third kappa shape index (κ3) is 3.95. The Balaban J connectivity index is 2.26. The van der Waals surface area contributed by atoms with E-state index in [1.165, 1.54) is 0 Å². The van der Waals surface area contributed by atoms with Crippen molar-refractivity contribution in [1.29, 1.82) is 0 Å². The summed E-state index contributed by atoms with van der Waals surface area (Å²) < 4.78 is 0. The standard InChI is InChI=1S/C20H21NO/c1-14(2)12-16(4)20(22)21-19-13-18(11-10-15(19)3)17-8-6-5-7-9-17/h5-13H,4H2,1-3H3,(H,21,22). The maximum atomic E-state index is 12.2. The molecule has 0 aliphatic rings. The molecule has 1 N–H and O–H groups in total. The summed E-state index contributed by atoms with van der Waals surface area (Å²) in [6, 6.07) is 16.2. The Kier molecular flexibility index (Phi) is 4.95. The molecule has 0 bridgehead atoms. The van der Waals surface area contributed by atoms with Crippen LogP contribution in [0.2, 0.25) is 0 Å². The summed E-state index contributed by atoms with van der Waals surface area (Å²) in [4.78, 5) is 12.2. The van der Waals surface area contributed by atoms with Crippen LogP contribution in [0, 0.1) is 6.92 Å². The molecule has 0 heterocycles. The number of rotatable bonds is 4. The summed E-state index contributed by atoms with van der Waals surface area (Å²) in [5.41, 5.74) is 5.56. The molecule has 0 saturated heterocycles. The van der Waals surface area contributed by atoms with Gasteiger partial charge in [0.15, 0.2) is 0 Å². The van der Waals surface area contributed by atoms with Crippen LogP contribution in [0.4, 0.5) is 5.69 Å². The topological polar surface area (TPSA) is 29.1 Å². The van der Waals surface area contributed by atoms with E-state index >= 15 is 0 Å². The summed E-state index contributed by atoms with van der Waals surface area (Å²) in [6.45, 7) is 9.68. The number of allylic oxidation sites excluding steroid dienone is 1. The minimum absolute atomic E-state index is 0.172. The molecule has 2 aromatic rings. The van der Waals surface area contributed by atoms with Crippen molar-refractivity contribution < 1.29 is 4.79 Å². The van der Waals surface area contributed by atoms with Gasteiger partial charge < -0.3 is 5.32 Å². The van der Waals surface area contributed by atoms with Gasteiger partial charge in [0, 0.05) is 11.3 Å². The lowest BCUT2D eigenvalue weighted by Gasteiger charge is -2.11. The zero-order valence-electron chi connectivity index (χ0n) is 13.3. The van der Waals surface area contributed by atoms with Crippen LogP contribution >= 0.6 is 0 Å². The van der Waals surface area contributed by atoms with E-state index in [-0.39, 0.29) is 5.91 Å². The van der Waals surface area contributed by atoms with Crippen LogP contribution in [0.15, 0.2) is 72.3 Å². The molecule has 0 aliphatic carbocycles. The van der Waals surface area contributed by atoms with Crippen molar-refractivity contribution in [2.24, 2.45) is 0 Å². The molecule has 0 aliphatic heterocycles. The van der Waals surface area contributed by atoms with E-state index < -0.39 is 0 Å². The zero-order valence-corrected chi connectivity index (χ0v) is 13.3. The molecular weight excluding hydrogens is 270 g/mol. The van der Waals surface area contributed by atoms with Gasteiger partial charge in [-0.15, -0.1) is 0 Å². The average Bonchev–Trinajstić information content (AvgIpc) is 2.49. The van der Waals surface area contributed by atoms with Crippen molar-refractivity contribution in [3.8, 4) is 11.1 Å². The van der Waals surface area contributed by atoms with Gasteiger partial charge in [-0.3, -0.25) is 4.79 Å². The molecule has 112 valence electrons. The highest BCUT2D eigenvalue weighted by molar-refractivity contribution is 6.06. The van der Waals surface area contributed by atoms with E-state index in [1.54, 1.807) is 6.08 Å². The number of carbonyl (C=O) groups excluding carboxylic acids is 1. The van der Waals surface area contributed by atoms with Crippen LogP contribution in [-0.2, 0) is 4.79 Å². The smallest absolute Gasteiger partial charge is 0.255 e. The Hall–Kier alpha value is -2.61. The predicted octanol–water partition coefficient (Wildman–Crippen LogP) is 5.12. The van der Waals surface area contributed by atoms with Gasteiger partial charge in [-0.1, -0.05) is 60.7 Å². The Morgan fingerprint density at radius 1 is 1.05 bits per heavy atom. The van der Waals surface area contributed by atoms with Crippen molar-refractivity contribution in [2.45, 2.75) is 20.8 Å². The number of anilines is 1. The van der Waals surface area contributed by atoms with Crippen LogP contribution in [-0.4, -0.2) is 5.91 Å². The number of hydrogen-bond donors (Lipinski definition) is 1. The molecule has 0 aromatic heterocycles. The van der Waals surface area contributed by atoms with Crippen LogP contribution in [0.3, 0.4) is 0 Å². The highest BCUT2D eigenvalue weighted by atomic mass is 16.1. The lowest BCUT2D eigenvalue weighted by atomic mass is 10.0. The Bertz CT molecular complexity index is 723. The minimum Gasteiger partial charge on any atom is -0.322 e. The fourth-order valence-corrected chi connectivity index (χ4v) is 2.18. The molecule has 0 unspecified atom stereocenters. The normalized spacial score (nSPS) is 9.95. The maximum Gasteiger partial charge on any atom is 0.255 e. The van der Waals surface area contributed by atoms with Gasteiger partial charge in [0.2, 0.25) is 0 Å². The van der Waals surface area contributed by atoms with E-state index in [0.717, 1.165) is 28.0 Å². The second-order valence-corrected chi connectivity index (χ2v) is 5.60. The van der Waals surface area contributed by atoms with Crippen molar-refractivity contribution in [3.05, 3.63) is 77.9 Å². The highest BCUT2D eigenvalue weighted by Crippen LogP contribution is 2.25. The van der Waals surface area contributed by atoms with E-state index in [1.807, 2.05) is 51.1 Å². The molecule has 22 heavy (non-hydrogen) atoms. The molecule has 2 rings (SSSR count). The van der Waals surface area contributed by atoms with Crippen LogP contribution in [0.25, 0.3) is 11.1 Å². The van der Waals surface area contributed by atoms with Crippen LogP contribution < -0.4 is 5.32 Å². The molecule has 0 spiro atoms. The monoisotopic (exact) mass is 291 g/mol. The van der Waals surface area contributed by atoms with Crippen molar-refractivity contribution in [3.63, 3.8) is 0 Å². The van der Waals surface area contributed by atoms with Crippen molar-refractivity contribution in [2.75, 3.05) is 5.32 Å². The fourth-order valence-electron chi connectivity index (χ4n) is 2.18. The first-order valence-corrected chi connectivity index (χ1v) is 7.28. The summed E-state index contributed by atoms with van der Waals surface area (Å²) in [6.07, 6.45) is 1.78. The first-order chi connectivity index (χ1) is 10.5. The molecule has 2 aromatic carbocycles. The summed E-state index contributed by atoms with van der Waals surface area (Å²) in [5.74, 6) is -0.172. The number of nitrogens with one attached hydrogen (secondary N) is 1.